The first-order valence-electron chi connectivity index (χ1n) is 6.00. The molecule has 0 atom stereocenters. The molecule has 1 rings (SSSR count). The summed E-state index contributed by atoms with van der Waals surface area (Å²) in [6.45, 7) is 10.1. The average molecular weight is 239 g/mol. The summed E-state index contributed by atoms with van der Waals surface area (Å²) < 4.78 is 4.98. The van der Waals surface area contributed by atoms with E-state index in [1.165, 1.54) is 24.8 Å². The van der Waals surface area contributed by atoms with Crippen LogP contribution in [0.25, 0.3) is 0 Å². The van der Waals surface area contributed by atoms with Gasteiger partial charge in [0.15, 0.2) is 0 Å². The van der Waals surface area contributed by atoms with E-state index in [1.807, 2.05) is 12.1 Å². The van der Waals surface area contributed by atoms with Crippen molar-refractivity contribution >= 4 is 15.4 Å². The molecule has 16 heavy (non-hydrogen) atoms. The maximum atomic E-state index is 4.98. The van der Waals surface area contributed by atoms with E-state index in [0.717, 1.165) is 16.0 Å². The molecule has 0 aliphatic heterocycles. The highest BCUT2D eigenvalue weighted by atomic mass is 28.1. The molecule has 0 spiro atoms. The summed E-state index contributed by atoms with van der Waals surface area (Å²) in [4.78, 5) is 2.38. The molecule has 0 heterocycles. The molecule has 1 aromatic rings. The fourth-order valence-corrected chi connectivity index (χ4v) is 1.68. The van der Waals surface area contributed by atoms with E-state index in [4.69, 9.17) is 4.74 Å². The predicted molar refractivity (Wildman–Crippen MR) is 76.0 cm³/mol. The number of hydrogen-bond acceptors (Lipinski definition) is 2. The van der Waals surface area contributed by atoms with Gasteiger partial charge in [-0.2, -0.15) is 0 Å². The molecule has 1 aromatic carbocycles. The lowest BCUT2D eigenvalue weighted by Gasteiger charge is -2.13. The van der Waals surface area contributed by atoms with Crippen LogP contribution >= 0.6 is 0 Å². The van der Waals surface area contributed by atoms with Crippen molar-refractivity contribution in [3.8, 4) is 5.75 Å². The highest BCUT2D eigenvalue weighted by molar-refractivity contribution is 6.32. The average Bonchev–Trinajstić information content (AvgIpc) is 2.33. The number of rotatable bonds is 4. The van der Waals surface area contributed by atoms with Gasteiger partial charge in [0, 0.05) is 10.2 Å². The molecule has 0 amide bonds. The summed E-state index contributed by atoms with van der Waals surface area (Å²) in [5.74, 6) is 0.939. The van der Waals surface area contributed by atoms with Gasteiger partial charge >= 0.3 is 0 Å². The Hall–Kier alpha value is -0.803. The lowest BCUT2D eigenvalue weighted by atomic mass is 10.3. The monoisotopic (exact) mass is 239 g/mol. The van der Waals surface area contributed by atoms with Crippen molar-refractivity contribution in [2.45, 2.75) is 20.8 Å². The van der Waals surface area contributed by atoms with Crippen LogP contribution in [0.3, 0.4) is 0 Å². The maximum Gasteiger partial charge on any atom is 0.118 e. The van der Waals surface area contributed by atoms with Crippen LogP contribution in [0, 0.1) is 0 Å². The van der Waals surface area contributed by atoms with Crippen molar-refractivity contribution in [1.82, 2.24) is 4.90 Å². The van der Waals surface area contributed by atoms with Crippen molar-refractivity contribution < 1.29 is 4.74 Å². The molecule has 0 radical (unpaired) electrons. The van der Waals surface area contributed by atoms with Crippen molar-refractivity contribution in [3.63, 3.8) is 0 Å². The third-order valence-corrected chi connectivity index (χ3v) is 3.26. The number of nitrogens with zero attached hydrogens (tertiary/aromatic N) is 1. The van der Waals surface area contributed by atoms with E-state index in [1.54, 1.807) is 7.11 Å². The fourth-order valence-electron chi connectivity index (χ4n) is 1.35. The Morgan fingerprint density at radius 1 is 1.00 bits per heavy atom. The van der Waals surface area contributed by atoms with Gasteiger partial charge in [-0.05, 0) is 31.8 Å². The molecule has 0 N–H and O–H groups in total. The van der Waals surface area contributed by atoms with Crippen molar-refractivity contribution in [2.75, 3.05) is 26.7 Å². The first-order chi connectivity index (χ1) is 7.67. The van der Waals surface area contributed by atoms with Gasteiger partial charge in [0.1, 0.15) is 5.75 Å². The summed E-state index contributed by atoms with van der Waals surface area (Å²) in [5.41, 5.74) is 0. The van der Waals surface area contributed by atoms with E-state index < -0.39 is 0 Å². The molecule has 0 bridgehead atoms. The van der Waals surface area contributed by atoms with Gasteiger partial charge in [-0.25, -0.2) is 0 Å². The minimum Gasteiger partial charge on any atom is -0.497 e. The van der Waals surface area contributed by atoms with Crippen molar-refractivity contribution in [2.24, 2.45) is 0 Å². The molecular weight excluding hydrogens is 214 g/mol. The number of ether oxygens (including phenoxy) is 1. The molecule has 0 aromatic heterocycles. The van der Waals surface area contributed by atoms with E-state index in [2.05, 4.69) is 37.8 Å². The summed E-state index contributed by atoms with van der Waals surface area (Å²) in [6, 6.07) is 8.15. The first-order valence-corrected chi connectivity index (χ1v) is 7.00. The molecule has 0 fully saturated rings. The Bertz CT molecular complexity index is 252. The molecule has 2 nitrogen and oxygen atoms in total. The van der Waals surface area contributed by atoms with Gasteiger partial charge in [0.2, 0.25) is 0 Å². The van der Waals surface area contributed by atoms with Gasteiger partial charge < -0.3 is 9.64 Å². The van der Waals surface area contributed by atoms with Gasteiger partial charge in [0.05, 0.1) is 7.11 Å². The second kappa shape index (κ2) is 9.42. The quantitative estimate of drug-likeness (QED) is 0.728. The first kappa shape index (κ1) is 15.2. The SMILES string of the molecule is CCN(CC)CC.COc1ccc([SiH3])cc1. The smallest absolute Gasteiger partial charge is 0.118 e. The van der Waals surface area contributed by atoms with E-state index in [9.17, 15) is 0 Å². The van der Waals surface area contributed by atoms with Gasteiger partial charge in [0.25, 0.3) is 0 Å². The normalized spacial score (nSPS) is 9.81. The topological polar surface area (TPSA) is 12.5 Å². The van der Waals surface area contributed by atoms with Crippen LogP contribution < -0.4 is 9.92 Å². The lowest BCUT2D eigenvalue weighted by molar-refractivity contribution is 0.321. The van der Waals surface area contributed by atoms with E-state index in [0.29, 0.717) is 0 Å². The zero-order valence-corrected chi connectivity index (χ0v) is 13.3. The molecular formula is C13H25NOSi. The van der Waals surface area contributed by atoms with Gasteiger partial charge in [-0.1, -0.05) is 38.1 Å². The van der Waals surface area contributed by atoms with Crippen LogP contribution in [-0.4, -0.2) is 41.9 Å². The third kappa shape index (κ3) is 6.64. The summed E-state index contributed by atoms with van der Waals surface area (Å²) >= 11 is 0. The summed E-state index contributed by atoms with van der Waals surface area (Å²) in [5, 5.41) is 1.40. The van der Waals surface area contributed by atoms with Crippen LogP contribution in [-0.2, 0) is 0 Å². The summed E-state index contributed by atoms with van der Waals surface area (Å²) in [7, 11) is 2.80. The Balaban J connectivity index is 0.000000293. The minimum atomic E-state index is 0.939. The Labute approximate surface area is 103 Å². The van der Waals surface area contributed by atoms with Crippen molar-refractivity contribution in [3.05, 3.63) is 24.3 Å². The van der Waals surface area contributed by atoms with Crippen LogP contribution in [0.2, 0.25) is 0 Å². The zero-order valence-electron chi connectivity index (χ0n) is 11.3. The molecule has 92 valence electrons. The number of hydrogen-bond donors (Lipinski definition) is 0. The van der Waals surface area contributed by atoms with Gasteiger partial charge in [-0.15, -0.1) is 0 Å². The molecule has 0 aliphatic carbocycles. The largest absolute Gasteiger partial charge is 0.497 e. The number of methoxy groups -OCH3 is 1. The Morgan fingerprint density at radius 2 is 1.44 bits per heavy atom. The molecule has 0 saturated carbocycles. The second-order valence-electron chi connectivity index (χ2n) is 3.64. The standard InChI is InChI=1S/C7H10OSi.C6H15N/c1-8-6-2-4-7(9)5-3-6;1-4-7(5-2)6-3/h2-5H,1,9H3;4-6H2,1-3H3. The fraction of sp³-hybridized carbons (Fsp3) is 0.538. The minimum absolute atomic E-state index is 0.939. The molecule has 0 unspecified atom stereocenters. The lowest BCUT2D eigenvalue weighted by Crippen LogP contribution is -2.21. The highest BCUT2D eigenvalue weighted by Crippen LogP contribution is 2.04. The zero-order chi connectivity index (χ0) is 12.4. The van der Waals surface area contributed by atoms with E-state index in [-0.39, 0.29) is 0 Å². The highest BCUT2D eigenvalue weighted by Gasteiger charge is 1.89. The van der Waals surface area contributed by atoms with Crippen LogP contribution in [0.5, 0.6) is 5.75 Å². The van der Waals surface area contributed by atoms with Crippen LogP contribution in [0.1, 0.15) is 20.8 Å². The van der Waals surface area contributed by atoms with Crippen molar-refractivity contribution in [1.29, 1.82) is 0 Å². The predicted octanol–water partition coefficient (Wildman–Crippen LogP) is 1.03. The Kier molecular flexibility index (Phi) is 8.95. The Morgan fingerprint density at radius 3 is 1.69 bits per heavy atom. The maximum absolute atomic E-state index is 4.98. The molecule has 3 heteroatoms. The molecule has 0 saturated heterocycles. The van der Waals surface area contributed by atoms with Gasteiger partial charge in [-0.3, -0.25) is 0 Å². The molecule has 0 aliphatic rings. The van der Waals surface area contributed by atoms with Crippen LogP contribution in [0.15, 0.2) is 24.3 Å². The second-order valence-corrected chi connectivity index (χ2v) is 4.79. The third-order valence-electron chi connectivity index (χ3n) is 2.60. The summed E-state index contributed by atoms with van der Waals surface area (Å²) in [6.07, 6.45) is 0. The van der Waals surface area contributed by atoms with E-state index >= 15 is 0 Å². The van der Waals surface area contributed by atoms with Crippen LogP contribution in [0.4, 0.5) is 0 Å². The number of benzene rings is 1.